The molecule has 0 radical (unpaired) electrons. The van der Waals surface area contributed by atoms with Gasteiger partial charge in [-0.2, -0.15) is 11.1 Å². The van der Waals surface area contributed by atoms with Crippen molar-refractivity contribution in [2.45, 2.75) is 25.8 Å². The molecule has 0 saturated heterocycles. The summed E-state index contributed by atoms with van der Waals surface area (Å²) in [6.07, 6.45) is 19.0. The van der Waals surface area contributed by atoms with Crippen molar-refractivity contribution in [3.8, 4) is 0 Å². The molecule has 0 unspecified atom stereocenters. The van der Waals surface area contributed by atoms with Crippen LogP contribution in [0.15, 0.2) is 48.6 Å². The average Bonchev–Trinajstić information content (AvgIpc) is 2.94. The van der Waals surface area contributed by atoms with Crippen molar-refractivity contribution in [1.82, 2.24) is 0 Å². The van der Waals surface area contributed by atoms with E-state index >= 15 is 0 Å². The molecule has 2 heteroatoms. The van der Waals surface area contributed by atoms with Crippen molar-refractivity contribution < 1.29 is 0 Å². The monoisotopic (exact) mass is 226 g/mol. The second kappa shape index (κ2) is 12.5. The molecule has 0 N–H and O–H groups in total. The van der Waals surface area contributed by atoms with E-state index in [9.17, 15) is 0 Å². The lowest BCUT2D eigenvalue weighted by atomic mass is 10.5. The third kappa shape index (κ3) is 11.5. The van der Waals surface area contributed by atoms with E-state index in [1.165, 1.54) is 6.04 Å². The summed E-state index contributed by atoms with van der Waals surface area (Å²) in [7, 11) is -0.103. The summed E-state index contributed by atoms with van der Waals surface area (Å²) >= 11 is 5.32. The van der Waals surface area contributed by atoms with E-state index in [2.05, 4.69) is 55.5 Å². The van der Waals surface area contributed by atoms with Crippen LogP contribution in [-0.2, 0) is 0 Å². The quantitative estimate of drug-likeness (QED) is 0.472. The first-order valence-electron chi connectivity index (χ1n) is 5.11. The van der Waals surface area contributed by atoms with Gasteiger partial charge in [0.05, 0.1) is 0 Å². The summed E-state index contributed by atoms with van der Waals surface area (Å²) in [6, 6.07) is 1.22. The molecule has 0 aromatic carbocycles. The number of halogens is 1. The van der Waals surface area contributed by atoms with Crippen molar-refractivity contribution in [2.24, 2.45) is 0 Å². The Bertz CT molecular complexity index is 170. The molecule has 0 aromatic rings. The smallest absolute Gasteiger partial charge is 0.125 e. The second-order valence-electron chi connectivity index (χ2n) is 2.87. The Balaban J connectivity index is 0.000000183. The van der Waals surface area contributed by atoms with Crippen LogP contribution in [0, 0.1) is 0 Å². The molecule has 0 saturated carbocycles. The number of allylic oxidation sites excluding steroid dienone is 8. The van der Waals surface area contributed by atoms with Crippen LogP contribution >= 0.6 is 11.1 Å². The van der Waals surface area contributed by atoms with Gasteiger partial charge in [0, 0.05) is 0 Å². The van der Waals surface area contributed by atoms with Crippen LogP contribution in [0.2, 0.25) is 6.04 Å². The van der Waals surface area contributed by atoms with Crippen LogP contribution in [0.25, 0.3) is 0 Å². The lowest BCUT2D eigenvalue weighted by Crippen LogP contribution is -1.61. The molecule has 0 atom stereocenters. The Morgan fingerprint density at radius 3 is 1.29 bits per heavy atom. The largest absolute Gasteiger partial charge is 0.176 e. The van der Waals surface area contributed by atoms with Gasteiger partial charge in [-0.1, -0.05) is 61.6 Å². The van der Waals surface area contributed by atoms with Gasteiger partial charge >= 0.3 is 0 Å². The Morgan fingerprint density at radius 2 is 1.21 bits per heavy atom. The molecule has 0 amide bonds. The molecule has 0 spiro atoms. The summed E-state index contributed by atoms with van der Waals surface area (Å²) in [6.45, 7) is 2.11. The Kier molecular flexibility index (Phi) is 12.0. The molecule has 2 aliphatic rings. The van der Waals surface area contributed by atoms with E-state index in [4.69, 9.17) is 11.1 Å². The third-order valence-corrected chi connectivity index (χ3v) is 3.01. The maximum atomic E-state index is 5.32. The highest BCUT2D eigenvalue weighted by Crippen LogP contribution is 1.93. The van der Waals surface area contributed by atoms with E-state index < -0.39 is 0 Å². The van der Waals surface area contributed by atoms with Crippen LogP contribution in [0.5, 0.6) is 0 Å². The molecule has 2 rings (SSSR count). The first kappa shape index (κ1) is 13.5. The van der Waals surface area contributed by atoms with Crippen molar-refractivity contribution in [3.05, 3.63) is 48.6 Å². The molecular formula is C12H19ClSi. The number of rotatable bonds is 1. The van der Waals surface area contributed by atoms with Crippen molar-refractivity contribution in [3.63, 3.8) is 0 Å². The minimum atomic E-state index is -0.103. The van der Waals surface area contributed by atoms with Crippen molar-refractivity contribution in [2.75, 3.05) is 0 Å². The fourth-order valence-electron chi connectivity index (χ4n) is 0.786. The zero-order valence-corrected chi connectivity index (χ0v) is 11.0. The van der Waals surface area contributed by atoms with Gasteiger partial charge in [0.15, 0.2) is 0 Å². The van der Waals surface area contributed by atoms with Gasteiger partial charge in [0.25, 0.3) is 0 Å². The highest BCUT2D eigenvalue weighted by Gasteiger charge is 1.72. The molecule has 0 fully saturated rings. The van der Waals surface area contributed by atoms with Crippen LogP contribution < -0.4 is 0 Å². The molecule has 2 aliphatic carbocycles. The Labute approximate surface area is 94.6 Å². The molecule has 0 bridgehead atoms. The maximum Gasteiger partial charge on any atom is 0.125 e. The zero-order chi connectivity index (χ0) is 10.5. The molecule has 78 valence electrons. The van der Waals surface area contributed by atoms with Gasteiger partial charge in [-0.25, -0.2) is 0 Å². The van der Waals surface area contributed by atoms with Gasteiger partial charge < -0.3 is 0 Å². The van der Waals surface area contributed by atoms with E-state index in [1.54, 1.807) is 0 Å². The third-order valence-electron chi connectivity index (χ3n) is 1.50. The maximum absolute atomic E-state index is 5.32. The number of hydrogen-bond acceptors (Lipinski definition) is 0. The van der Waals surface area contributed by atoms with Crippen molar-refractivity contribution in [1.29, 1.82) is 0 Å². The van der Waals surface area contributed by atoms with Gasteiger partial charge in [-0.3, -0.25) is 0 Å². The first-order valence-corrected chi connectivity index (χ1v) is 8.25. The normalized spacial score (nSPS) is 15.6. The summed E-state index contributed by atoms with van der Waals surface area (Å²) in [5, 5.41) is 0. The van der Waals surface area contributed by atoms with Gasteiger partial charge in [-0.05, 0) is 12.8 Å². The fourth-order valence-corrected chi connectivity index (χ4v) is 0.786. The van der Waals surface area contributed by atoms with Gasteiger partial charge in [0.1, 0.15) is 8.83 Å². The highest BCUT2D eigenvalue weighted by molar-refractivity contribution is 6.93. The highest BCUT2D eigenvalue weighted by atomic mass is 35.6. The molecule has 0 aromatic heterocycles. The molecule has 14 heavy (non-hydrogen) atoms. The summed E-state index contributed by atoms with van der Waals surface area (Å²) in [5.41, 5.74) is 0. The lowest BCUT2D eigenvalue weighted by molar-refractivity contribution is 1.45. The topological polar surface area (TPSA) is 0 Å². The Morgan fingerprint density at radius 1 is 0.929 bits per heavy atom. The zero-order valence-electron chi connectivity index (χ0n) is 8.83. The average molecular weight is 227 g/mol. The predicted molar refractivity (Wildman–Crippen MR) is 70.7 cm³/mol. The summed E-state index contributed by atoms with van der Waals surface area (Å²) < 4.78 is 0. The van der Waals surface area contributed by atoms with E-state index in [0.29, 0.717) is 0 Å². The SMILES string of the molecule is C1=CCC=C1.C1=CCC=C1.CC[SiH2]Cl. The standard InChI is InChI=1S/2C5H6.C2H7ClSi/c2*1-2-4-5-3-1;1-2-4-3/h2*1-4H,5H2;2,4H2,1H3. The van der Waals surface area contributed by atoms with Crippen LogP contribution in [0.4, 0.5) is 0 Å². The van der Waals surface area contributed by atoms with Crippen molar-refractivity contribution >= 4 is 19.9 Å². The minimum Gasteiger partial charge on any atom is -0.176 e. The van der Waals surface area contributed by atoms with Gasteiger partial charge in [0.2, 0.25) is 0 Å². The first-order chi connectivity index (χ1) is 6.91. The Hall–Kier alpha value is -0.533. The molecule has 0 heterocycles. The molecule has 0 nitrogen and oxygen atoms in total. The van der Waals surface area contributed by atoms with Crippen LogP contribution in [-0.4, -0.2) is 8.83 Å². The minimum absolute atomic E-state index is 0.103. The molecule has 0 aliphatic heterocycles. The van der Waals surface area contributed by atoms with Crippen LogP contribution in [0.3, 0.4) is 0 Å². The summed E-state index contributed by atoms with van der Waals surface area (Å²) in [4.78, 5) is 0. The number of hydrogen-bond donors (Lipinski definition) is 0. The van der Waals surface area contributed by atoms with E-state index in [-0.39, 0.29) is 8.83 Å². The van der Waals surface area contributed by atoms with Crippen LogP contribution in [0.1, 0.15) is 19.8 Å². The fraction of sp³-hybridized carbons (Fsp3) is 0.333. The van der Waals surface area contributed by atoms with Gasteiger partial charge in [-0.15, -0.1) is 0 Å². The summed E-state index contributed by atoms with van der Waals surface area (Å²) in [5.74, 6) is 0. The second-order valence-corrected chi connectivity index (χ2v) is 5.38. The van der Waals surface area contributed by atoms with E-state index in [0.717, 1.165) is 12.8 Å². The predicted octanol–water partition coefficient (Wildman–Crippen LogP) is 3.75. The van der Waals surface area contributed by atoms with E-state index in [1.807, 2.05) is 0 Å². The lowest BCUT2D eigenvalue weighted by Gasteiger charge is -1.63. The molecular weight excluding hydrogens is 208 g/mol.